The Balaban J connectivity index is 1.45. The lowest BCUT2D eigenvalue weighted by Gasteiger charge is -2.34. The van der Waals surface area contributed by atoms with Gasteiger partial charge in [-0.05, 0) is 36.0 Å². The molecule has 0 aromatic heterocycles. The molecular formula is C24H33N3O. The molecule has 1 heterocycles. The molecule has 0 spiro atoms. The van der Waals surface area contributed by atoms with Gasteiger partial charge in [-0.25, -0.2) is 0 Å². The van der Waals surface area contributed by atoms with E-state index in [-0.39, 0.29) is 5.91 Å². The van der Waals surface area contributed by atoms with E-state index in [4.69, 9.17) is 0 Å². The molecule has 2 aromatic rings. The van der Waals surface area contributed by atoms with E-state index < -0.39 is 0 Å². The summed E-state index contributed by atoms with van der Waals surface area (Å²) in [5.74, 6) is 0.484. The minimum absolute atomic E-state index is 0.0916. The topological polar surface area (TPSA) is 35.6 Å². The minimum atomic E-state index is 0.0916. The van der Waals surface area contributed by atoms with Gasteiger partial charge in [0.2, 0.25) is 5.91 Å². The van der Waals surface area contributed by atoms with Gasteiger partial charge in [0.15, 0.2) is 0 Å². The Bertz CT molecular complexity index is 765. The lowest BCUT2D eigenvalue weighted by atomic mass is 9.98. The van der Waals surface area contributed by atoms with Crippen LogP contribution in [0, 0.1) is 6.92 Å². The number of amides is 1. The lowest BCUT2D eigenvalue weighted by Crippen LogP contribution is -2.49. The van der Waals surface area contributed by atoms with Crippen LogP contribution in [0.1, 0.15) is 36.5 Å². The lowest BCUT2D eigenvalue weighted by molar-refractivity contribution is -0.117. The van der Waals surface area contributed by atoms with Crippen LogP contribution in [0.4, 0.5) is 5.69 Å². The molecule has 28 heavy (non-hydrogen) atoms. The summed E-state index contributed by atoms with van der Waals surface area (Å²) in [5, 5.41) is 3.17. The first-order valence-electron chi connectivity index (χ1n) is 10.4. The number of anilines is 1. The van der Waals surface area contributed by atoms with E-state index in [0.29, 0.717) is 12.5 Å². The van der Waals surface area contributed by atoms with Crippen LogP contribution in [0.15, 0.2) is 48.5 Å². The Morgan fingerprint density at radius 1 is 0.964 bits per heavy atom. The third-order valence-corrected chi connectivity index (χ3v) is 5.58. The average Bonchev–Trinajstić information content (AvgIpc) is 2.69. The molecule has 1 saturated heterocycles. The number of piperazine rings is 1. The second kappa shape index (κ2) is 9.85. The first-order valence-corrected chi connectivity index (χ1v) is 10.4. The maximum absolute atomic E-state index is 12.6. The zero-order valence-electron chi connectivity index (χ0n) is 17.4. The monoisotopic (exact) mass is 379 g/mol. The van der Waals surface area contributed by atoms with Gasteiger partial charge in [0, 0.05) is 38.4 Å². The Labute approximate surface area is 169 Å². The SMILES string of the molecule is Cc1cccc(C(C)C)c1NC(=O)CN1CCN(CCc2ccccc2)CC1. The standard InChI is InChI=1S/C24H33N3O/c1-19(2)22-11-7-8-20(3)24(22)25-23(28)18-27-16-14-26(15-17-27)13-12-21-9-5-4-6-10-21/h4-11,19H,12-18H2,1-3H3,(H,25,28). The number of hydrogen-bond acceptors (Lipinski definition) is 3. The summed E-state index contributed by atoms with van der Waals surface area (Å²) in [6.45, 7) is 11.9. The van der Waals surface area contributed by atoms with Gasteiger partial charge in [-0.15, -0.1) is 0 Å². The normalized spacial score (nSPS) is 15.7. The highest BCUT2D eigenvalue weighted by atomic mass is 16.2. The van der Waals surface area contributed by atoms with Crippen LogP contribution in [0.25, 0.3) is 0 Å². The maximum Gasteiger partial charge on any atom is 0.238 e. The number of carbonyl (C=O) groups is 1. The first-order chi connectivity index (χ1) is 13.5. The average molecular weight is 380 g/mol. The van der Waals surface area contributed by atoms with Crippen molar-refractivity contribution in [2.45, 2.75) is 33.1 Å². The van der Waals surface area contributed by atoms with Crippen LogP contribution < -0.4 is 5.32 Å². The molecule has 4 heteroatoms. The number of benzene rings is 2. The van der Waals surface area contributed by atoms with Crippen molar-refractivity contribution in [2.24, 2.45) is 0 Å². The molecule has 2 aromatic carbocycles. The summed E-state index contributed by atoms with van der Waals surface area (Å²) in [7, 11) is 0. The number of carbonyl (C=O) groups excluding carboxylic acids is 1. The second-order valence-electron chi connectivity index (χ2n) is 8.10. The Hall–Kier alpha value is -2.17. The molecule has 1 aliphatic rings. The molecule has 0 bridgehead atoms. The summed E-state index contributed by atoms with van der Waals surface area (Å²) >= 11 is 0. The summed E-state index contributed by atoms with van der Waals surface area (Å²) < 4.78 is 0. The van der Waals surface area contributed by atoms with E-state index in [1.165, 1.54) is 11.1 Å². The molecule has 3 rings (SSSR count). The molecule has 150 valence electrons. The molecule has 4 nitrogen and oxygen atoms in total. The van der Waals surface area contributed by atoms with Gasteiger partial charge in [0.05, 0.1) is 6.54 Å². The van der Waals surface area contributed by atoms with Crippen LogP contribution in [-0.4, -0.2) is 55.0 Å². The van der Waals surface area contributed by atoms with E-state index in [0.717, 1.165) is 50.4 Å². The molecule has 1 fully saturated rings. The van der Waals surface area contributed by atoms with E-state index >= 15 is 0 Å². The van der Waals surface area contributed by atoms with Gasteiger partial charge >= 0.3 is 0 Å². The largest absolute Gasteiger partial charge is 0.324 e. The summed E-state index contributed by atoms with van der Waals surface area (Å²) in [6, 6.07) is 16.9. The molecule has 1 N–H and O–H groups in total. The van der Waals surface area contributed by atoms with Gasteiger partial charge in [-0.2, -0.15) is 0 Å². The van der Waals surface area contributed by atoms with Gasteiger partial charge in [-0.3, -0.25) is 9.69 Å². The number of aryl methyl sites for hydroxylation is 1. The van der Waals surface area contributed by atoms with E-state index in [1.54, 1.807) is 0 Å². The van der Waals surface area contributed by atoms with Crippen LogP contribution >= 0.6 is 0 Å². The minimum Gasteiger partial charge on any atom is -0.324 e. The predicted octanol–water partition coefficient (Wildman–Crippen LogP) is 3.92. The van der Waals surface area contributed by atoms with Gasteiger partial charge in [0.1, 0.15) is 0 Å². The fourth-order valence-corrected chi connectivity index (χ4v) is 3.83. The number of rotatable bonds is 7. The number of nitrogens with one attached hydrogen (secondary N) is 1. The van der Waals surface area contributed by atoms with Crippen molar-refractivity contribution in [2.75, 3.05) is 44.6 Å². The molecule has 1 aliphatic heterocycles. The first kappa shape index (κ1) is 20.6. The summed E-state index contributed by atoms with van der Waals surface area (Å²) in [6.07, 6.45) is 1.09. The molecule has 0 unspecified atom stereocenters. The molecular weight excluding hydrogens is 346 g/mol. The predicted molar refractivity (Wildman–Crippen MR) is 117 cm³/mol. The smallest absolute Gasteiger partial charge is 0.238 e. The van der Waals surface area contributed by atoms with Crippen LogP contribution in [0.2, 0.25) is 0 Å². The van der Waals surface area contributed by atoms with Gasteiger partial charge in [-0.1, -0.05) is 62.4 Å². The van der Waals surface area contributed by atoms with Crippen molar-refractivity contribution in [3.63, 3.8) is 0 Å². The Morgan fingerprint density at radius 3 is 2.32 bits per heavy atom. The summed E-state index contributed by atoms with van der Waals surface area (Å²) in [4.78, 5) is 17.4. The van der Waals surface area contributed by atoms with E-state index in [9.17, 15) is 4.79 Å². The number of hydrogen-bond donors (Lipinski definition) is 1. The maximum atomic E-state index is 12.6. The zero-order chi connectivity index (χ0) is 19.9. The quantitative estimate of drug-likeness (QED) is 0.792. The highest BCUT2D eigenvalue weighted by Gasteiger charge is 2.20. The van der Waals surface area contributed by atoms with Crippen molar-refractivity contribution in [1.82, 2.24) is 9.80 Å². The summed E-state index contributed by atoms with van der Waals surface area (Å²) in [5.41, 5.74) is 4.72. The van der Waals surface area contributed by atoms with Crippen LogP contribution in [0.3, 0.4) is 0 Å². The molecule has 0 radical (unpaired) electrons. The number of para-hydroxylation sites is 1. The fraction of sp³-hybridized carbons (Fsp3) is 0.458. The molecule has 0 aliphatic carbocycles. The zero-order valence-corrected chi connectivity index (χ0v) is 17.4. The van der Waals surface area contributed by atoms with E-state index in [1.807, 2.05) is 0 Å². The third-order valence-electron chi connectivity index (χ3n) is 5.58. The Kier molecular flexibility index (Phi) is 7.24. The molecule has 1 amide bonds. The Morgan fingerprint density at radius 2 is 1.64 bits per heavy atom. The number of nitrogens with zero attached hydrogens (tertiary/aromatic N) is 2. The van der Waals surface area contributed by atoms with Crippen LogP contribution in [-0.2, 0) is 11.2 Å². The van der Waals surface area contributed by atoms with Crippen molar-refractivity contribution in [1.29, 1.82) is 0 Å². The van der Waals surface area contributed by atoms with Crippen LogP contribution in [0.5, 0.6) is 0 Å². The van der Waals surface area contributed by atoms with Gasteiger partial charge in [0.25, 0.3) is 0 Å². The van der Waals surface area contributed by atoms with E-state index in [2.05, 4.69) is 84.4 Å². The van der Waals surface area contributed by atoms with Crippen molar-refractivity contribution in [3.05, 3.63) is 65.2 Å². The second-order valence-corrected chi connectivity index (χ2v) is 8.10. The fourth-order valence-electron chi connectivity index (χ4n) is 3.83. The molecule has 0 saturated carbocycles. The highest BCUT2D eigenvalue weighted by Crippen LogP contribution is 2.27. The van der Waals surface area contributed by atoms with Gasteiger partial charge < -0.3 is 10.2 Å². The highest BCUT2D eigenvalue weighted by molar-refractivity contribution is 5.93. The third kappa shape index (κ3) is 5.66. The van der Waals surface area contributed by atoms with Crippen molar-refractivity contribution < 1.29 is 4.79 Å². The van der Waals surface area contributed by atoms with Crippen molar-refractivity contribution in [3.8, 4) is 0 Å². The molecule has 0 atom stereocenters. The van der Waals surface area contributed by atoms with Crippen molar-refractivity contribution >= 4 is 11.6 Å².